The molecule has 35 heavy (non-hydrogen) atoms. The highest BCUT2D eigenvalue weighted by molar-refractivity contribution is 9.10. The average molecular weight is 537 g/mol. The van der Waals surface area contributed by atoms with Gasteiger partial charge >= 0.3 is 6.18 Å². The number of aromatic nitrogens is 2. The van der Waals surface area contributed by atoms with Crippen LogP contribution < -0.4 is 5.01 Å². The van der Waals surface area contributed by atoms with Crippen LogP contribution in [0.4, 0.5) is 18.9 Å². The van der Waals surface area contributed by atoms with Crippen molar-refractivity contribution < 1.29 is 18.0 Å². The van der Waals surface area contributed by atoms with Crippen LogP contribution in [0.25, 0.3) is 23.0 Å². The summed E-state index contributed by atoms with van der Waals surface area (Å²) in [5, 5.41) is 9.04. The topological polar surface area (TPSA) is 50.5 Å². The third kappa shape index (κ3) is 4.54. The molecule has 1 aliphatic heterocycles. The first-order valence-corrected chi connectivity index (χ1v) is 11.3. The van der Waals surface area contributed by atoms with Crippen LogP contribution in [0.1, 0.15) is 5.56 Å². The van der Waals surface area contributed by atoms with Gasteiger partial charge in [-0.1, -0.05) is 64.5 Å². The van der Waals surface area contributed by atoms with Crippen molar-refractivity contribution in [2.75, 3.05) is 5.01 Å². The fourth-order valence-corrected chi connectivity index (χ4v) is 3.96. The van der Waals surface area contributed by atoms with Crippen LogP contribution in [0, 0.1) is 0 Å². The Kier molecular flexibility index (Phi) is 5.86. The monoisotopic (exact) mass is 536 g/mol. The zero-order chi connectivity index (χ0) is 24.6. The normalized spacial score (nSPS) is 15.1. The van der Waals surface area contributed by atoms with Gasteiger partial charge in [-0.3, -0.25) is 4.79 Å². The number of hydrogen-bond donors (Lipinski definition) is 0. The maximum atomic E-state index is 13.9. The lowest BCUT2D eigenvalue weighted by atomic mass is 10.0. The minimum Gasteiger partial charge on any atom is -0.267 e. The zero-order valence-electron chi connectivity index (χ0n) is 17.9. The Hall–Kier alpha value is -3.98. The van der Waals surface area contributed by atoms with Gasteiger partial charge in [0.1, 0.15) is 0 Å². The van der Waals surface area contributed by atoms with Gasteiger partial charge in [0.25, 0.3) is 5.91 Å². The lowest BCUT2D eigenvalue weighted by molar-refractivity contribution is -0.114. The predicted octanol–water partition coefficient (Wildman–Crippen LogP) is 6.65. The Morgan fingerprint density at radius 2 is 1.43 bits per heavy atom. The maximum Gasteiger partial charge on any atom is 0.435 e. The van der Waals surface area contributed by atoms with Gasteiger partial charge in [0.2, 0.25) is 0 Å². The fraction of sp³-hybridized carbons (Fsp3) is 0.0385. The Balaban J connectivity index is 1.66. The number of rotatable bonds is 4. The van der Waals surface area contributed by atoms with E-state index in [0.717, 1.165) is 15.2 Å². The molecule has 5 nitrogen and oxygen atoms in total. The van der Waals surface area contributed by atoms with Crippen LogP contribution in [0.15, 0.2) is 106 Å². The first-order valence-electron chi connectivity index (χ1n) is 10.5. The van der Waals surface area contributed by atoms with Crippen LogP contribution in [0.2, 0.25) is 0 Å². The van der Waals surface area contributed by atoms with E-state index in [1.54, 1.807) is 41.2 Å². The summed E-state index contributed by atoms with van der Waals surface area (Å²) in [7, 11) is 0. The van der Waals surface area contributed by atoms with E-state index in [0.29, 0.717) is 16.8 Å². The summed E-state index contributed by atoms with van der Waals surface area (Å²) >= 11 is 3.39. The molecule has 0 atom stereocenters. The van der Waals surface area contributed by atoms with Crippen molar-refractivity contribution in [1.82, 2.24) is 9.78 Å². The minimum atomic E-state index is -4.82. The number of para-hydroxylation sites is 2. The third-order valence-corrected chi connectivity index (χ3v) is 5.86. The molecule has 1 amide bonds. The molecule has 0 radical (unpaired) electrons. The van der Waals surface area contributed by atoms with Crippen molar-refractivity contribution in [1.29, 1.82) is 0 Å². The molecule has 0 bridgehead atoms. The van der Waals surface area contributed by atoms with E-state index < -0.39 is 23.4 Å². The van der Waals surface area contributed by atoms with Crippen LogP contribution in [-0.2, 0) is 4.79 Å². The summed E-state index contributed by atoms with van der Waals surface area (Å²) in [5.41, 5.74) is 0.644. The Morgan fingerprint density at radius 1 is 0.829 bits per heavy atom. The summed E-state index contributed by atoms with van der Waals surface area (Å²) in [6.45, 7) is 0. The minimum absolute atomic E-state index is 0.246. The Morgan fingerprint density at radius 3 is 2.03 bits per heavy atom. The number of carbonyl (C=O) groups excluding carboxylic acids is 1. The van der Waals surface area contributed by atoms with Gasteiger partial charge in [0.05, 0.1) is 22.6 Å². The van der Waals surface area contributed by atoms with Crippen molar-refractivity contribution >= 4 is 39.3 Å². The van der Waals surface area contributed by atoms with Crippen molar-refractivity contribution in [2.45, 2.75) is 6.18 Å². The van der Waals surface area contributed by atoms with E-state index >= 15 is 0 Å². The number of carbonyl (C=O) groups is 1. The highest BCUT2D eigenvalue weighted by Crippen LogP contribution is 2.34. The zero-order valence-corrected chi connectivity index (χ0v) is 19.5. The van der Waals surface area contributed by atoms with E-state index in [1.165, 1.54) is 18.2 Å². The Bertz CT molecular complexity index is 1440. The highest BCUT2D eigenvalue weighted by atomic mass is 79.9. The first-order chi connectivity index (χ1) is 16.8. The van der Waals surface area contributed by atoms with Crippen LogP contribution in [0.3, 0.4) is 0 Å². The lowest BCUT2D eigenvalue weighted by Gasteiger charge is -2.10. The molecular weight excluding hydrogens is 521 g/mol. The number of hydrazone groups is 1. The van der Waals surface area contributed by atoms with Crippen LogP contribution >= 0.6 is 15.9 Å². The van der Waals surface area contributed by atoms with Gasteiger partial charge in [-0.15, -0.1) is 0 Å². The molecule has 0 unspecified atom stereocenters. The lowest BCUT2D eigenvalue weighted by Crippen LogP contribution is -2.25. The number of alkyl halides is 3. The van der Waals surface area contributed by atoms with E-state index in [4.69, 9.17) is 0 Å². The molecule has 1 aromatic heterocycles. The summed E-state index contributed by atoms with van der Waals surface area (Å²) in [6, 6.07) is 24.4. The van der Waals surface area contributed by atoms with Crippen molar-refractivity contribution in [3.05, 3.63) is 107 Å². The largest absolute Gasteiger partial charge is 0.435 e. The molecule has 0 N–H and O–H groups in total. The molecule has 9 heteroatoms. The van der Waals surface area contributed by atoms with Gasteiger partial charge in [0, 0.05) is 21.8 Å². The second-order valence-electron chi connectivity index (χ2n) is 7.68. The summed E-state index contributed by atoms with van der Waals surface area (Å²) in [6.07, 6.45) is -2.01. The van der Waals surface area contributed by atoms with Crippen molar-refractivity contribution in [2.24, 2.45) is 5.10 Å². The van der Waals surface area contributed by atoms with Gasteiger partial charge in [0.15, 0.2) is 5.71 Å². The number of amides is 1. The van der Waals surface area contributed by atoms with Crippen LogP contribution in [-0.4, -0.2) is 27.6 Å². The van der Waals surface area contributed by atoms with Crippen molar-refractivity contribution in [3.8, 4) is 16.9 Å². The van der Waals surface area contributed by atoms with Gasteiger partial charge in [-0.05, 0) is 42.5 Å². The number of anilines is 1. The number of benzene rings is 3. The van der Waals surface area contributed by atoms with Gasteiger partial charge in [-0.2, -0.15) is 28.4 Å². The SMILES string of the molecule is O=C1/C(=C\c2cn(-c3ccccc3)nc2-c2ccc(Br)cc2)C(C(F)(F)F)=NN1c1ccccc1. The van der Waals surface area contributed by atoms with E-state index in [9.17, 15) is 18.0 Å². The first kappa shape index (κ1) is 22.8. The molecule has 4 aromatic rings. The average Bonchev–Trinajstić information content (AvgIpc) is 3.42. The number of hydrogen-bond acceptors (Lipinski definition) is 3. The molecule has 3 aromatic carbocycles. The van der Waals surface area contributed by atoms with E-state index in [2.05, 4.69) is 26.1 Å². The summed E-state index contributed by atoms with van der Waals surface area (Å²) in [4.78, 5) is 13.1. The molecule has 2 heterocycles. The number of nitrogens with zero attached hydrogens (tertiary/aromatic N) is 4. The van der Waals surface area contributed by atoms with Crippen LogP contribution in [0.5, 0.6) is 0 Å². The molecule has 0 saturated carbocycles. The Labute approximate surface area is 206 Å². The molecule has 0 spiro atoms. The quantitative estimate of drug-likeness (QED) is 0.274. The fourth-order valence-electron chi connectivity index (χ4n) is 3.69. The molecule has 0 fully saturated rings. The van der Waals surface area contributed by atoms with E-state index in [-0.39, 0.29) is 5.69 Å². The molecule has 0 aliphatic carbocycles. The second-order valence-corrected chi connectivity index (χ2v) is 8.59. The smallest absolute Gasteiger partial charge is 0.267 e. The molecule has 5 rings (SSSR count). The highest BCUT2D eigenvalue weighted by Gasteiger charge is 2.47. The van der Waals surface area contributed by atoms with Gasteiger partial charge < -0.3 is 0 Å². The summed E-state index contributed by atoms with van der Waals surface area (Å²) in [5.74, 6) is -0.863. The van der Waals surface area contributed by atoms with E-state index in [1.807, 2.05) is 42.5 Å². The third-order valence-electron chi connectivity index (χ3n) is 5.33. The predicted molar refractivity (Wildman–Crippen MR) is 132 cm³/mol. The van der Waals surface area contributed by atoms with Gasteiger partial charge in [-0.25, -0.2) is 4.68 Å². The maximum absolute atomic E-state index is 13.9. The molecular formula is C26H16BrF3N4O. The second kappa shape index (κ2) is 8.99. The summed E-state index contributed by atoms with van der Waals surface area (Å²) < 4.78 is 44.2. The van der Waals surface area contributed by atoms with Crippen molar-refractivity contribution in [3.63, 3.8) is 0 Å². The molecule has 0 saturated heterocycles. The number of halogens is 4. The molecule has 174 valence electrons. The molecule has 1 aliphatic rings. The standard InChI is InChI=1S/C26H16BrF3N4O/c27-19-13-11-17(12-14-19)23-18(16-33(31-23)20-7-3-1-4-8-20)15-22-24(26(28,29)30)32-34(25(22)35)21-9-5-2-6-10-21/h1-16H/b22-15-.